The molecule has 0 spiro atoms. The van der Waals surface area contributed by atoms with Crippen LogP contribution in [0, 0.1) is 5.82 Å². The summed E-state index contributed by atoms with van der Waals surface area (Å²) in [5.74, 6) is 0.135. The lowest BCUT2D eigenvalue weighted by molar-refractivity contribution is 0.222. The van der Waals surface area contributed by atoms with Crippen LogP contribution in [-0.2, 0) is 17.4 Å². The smallest absolute Gasteiger partial charge is 0.229 e. The normalized spacial score (nSPS) is 18.1. The Kier molecular flexibility index (Phi) is 7.94. The Hall–Kier alpha value is -2.67. The summed E-state index contributed by atoms with van der Waals surface area (Å²) in [6.07, 6.45) is 8.70. The second-order valence-electron chi connectivity index (χ2n) is 10.5. The van der Waals surface area contributed by atoms with E-state index in [1.807, 2.05) is 0 Å². The number of nitrogens with one attached hydrogen (secondary N) is 2. The van der Waals surface area contributed by atoms with E-state index in [0.29, 0.717) is 28.8 Å². The maximum atomic E-state index is 14.4. The minimum absolute atomic E-state index is 0.0326. The molecule has 3 aromatic rings. The summed E-state index contributed by atoms with van der Waals surface area (Å²) in [4.78, 5) is 11.6. The Balaban J connectivity index is 1.36. The fraction of sp³-hybridized carbons (Fsp3) is 0.429. The van der Waals surface area contributed by atoms with Gasteiger partial charge in [0.25, 0.3) is 0 Å². The van der Waals surface area contributed by atoms with Gasteiger partial charge in [-0.2, -0.15) is 4.98 Å². The summed E-state index contributed by atoms with van der Waals surface area (Å²) >= 11 is 6.41. The molecule has 0 saturated carbocycles. The zero-order chi connectivity index (χ0) is 26.9. The number of hydrogen-bond donors (Lipinski definition) is 2. The highest BCUT2D eigenvalue weighted by Gasteiger charge is 2.25. The van der Waals surface area contributed by atoms with Crippen molar-refractivity contribution in [3.05, 3.63) is 58.5 Å². The second-order valence-corrected chi connectivity index (χ2v) is 14.0. The molecule has 7 nitrogen and oxygen atoms in total. The molecule has 10 heteroatoms. The number of anilines is 4. The topological polar surface area (TPSA) is 79.4 Å². The molecule has 2 aromatic carbocycles. The van der Waals surface area contributed by atoms with Crippen molar-refractivity contribution in [2.45, 2.75) is 44.6 Å². The average Bonchev–Trinajstić information content (AvgIpc) is 3.34. The average molecular weight is 558 g/mol. The maximum Gasteiger partial charge on any atom is 0.229 e. The predicted octanol–water partition coefficient (Wildman–Crippen LogP) is 6.36. The highest BCUT2D eigenvalue weighted by Crippen LogP contribution is 2.41. The number of halogens is 2. The fourth-order valence-corrected chi connectivity index (χ4v) is 6.72. The molecule has 5 rings (SSSR count). The van der Waals surface area contributed by atoms with E-state index in [4.69, 9.17) is 16.3 Å². The number of benzene rings is 2. The lowest BCUT2D eigenvalue weighted by Crippen LogP contribution is -2.32. The number of nitrogens with zero attached hydrogens (tertiary/aromatic N) is 3. The first kappa shape index (κ1) is 26.9. The number of hydrogen-bond acceptors (Lipinski definition) is 7. The van der Waals surface area contributed by atoms with Crippen molar-refractivity contribution in [1.82, 2.24) is 14.9 Å². The zero-order valence-electron chi connectivity index (χ0n) is 22.1. The largest absolute Gasteiger partial charge is 0.494 e. The number of aromatic nitrogens is 2. The van der Waals surface area contributed by atoms with Gasteiger partial charge in [-0.3, -0.25) is 0 Å². The van der Waals surface area contributed by atoms with Crippen LogP contribution in [0.2, 0.25) is 5.02 Å². The summed E-state index contributed by atoms with van der Waals surface area (Å²) in [7, 11) is -1.44. The molecule has 1 saturated heterocycles. The van der Waals surface area contributed by atoms with Crippen LogP contribution in [0.15, 0.2) is 36.5 Å². The fourth-order valence-electron chi connectivity index (χ4n) is 5.46. The van der Waals surface area contributed by atoms with Crippen molar-refractivity contribution >= 4 is 47.2 Å². The molecule has 2 aliphatic rings. The number of fused-ring (bicyclic) bond motifs is 1. The minimum Gasteiger partial charge on any atom is -0.494 e. The van der Waals surface area contributed by atoms with Crippen molar-refractivity contribution in [1.29, 1.82) is 0 Å². The molecule has 1 aliphatic carbocycles. The summed E-state index contributed by atoms with van der Waals surface area (Å²) in [5.41, 5.74) is 4.11. The Morgan fingerprint density at radius 1 is 1.08 bits per heavy atom. The van der Waals surface area contributed by atoms with Gasteiger partial charge in [-0.1, -0.05) is 17.7 Å². The van der Waals surface area contributed by atoms with Crippen LogP contribution in [0.3, 0.4) is 0 Å². The van der Waals surface area contributed by atoms with Gasteiger partial charge in [-0.15, -0.1) is 0 Å². The monoisotopic (exact) mass is 557 g/mol. The number of methoxy groups -OCH3 is 1. The summed E-state index contributed by atoms with van der Waals surface area (Å²) in [5, 5.41) is 7.04. The van der Waals surface area contributed by atoms with Gasteiger partial charge in [0.15, 0.2) is 17.4 Å². The summed E-state index contributed by atoms with van der Waals surface area (Å²) in [6, 6.07) is 9.84. The van der Waals surface area contributed by atoms with E-state index >= 15 is 0 Å². The Bertz CT molecular complexity index is 1380. The van der Waals surface area contributed by atoms with Crippen LogP contribution in [0.4, 0.5) is 27.5 Å². The van der Waals surface area contributed by atoms with Crippen LogP contribution >= 0.6 is 18.7 Å². The van der Waals surface area contributed by atoms with Gasteiger partial charge in [0.05, 0.1) is 19.0 Å². The molecule has 1 fully saturated rings. The van der Waals surface area contributed by atoms with Gasteiger partial charge < -0.3 is 24.8 Å². The van der Waals surface area contributed by atoms with Gasteiger partial charge in [0, 0.05) is 23.1 Å². The molecule has 2 heterocycles. The number of aryl methyl sites for hydroxylation is 2. The molecule has 0 bridgehead atoms. The molecule has 0 radical (unpaired) electrons. The lowest BCUT2D eigenvalue weighted by Gasteiger charge is -2.25. The number of rotatable bonds is 7. The zero-order valence-corrected chi connectivity index (χ0v) is 23.7. The van der Waals surface area contributed by atoms with Crippen LogP contribution in [-0.4, -0.2) is 54.4 Å². The van der Waals surface area contributed by atoms with Crippen molar-refractivity contribution in [2.75, 3.05) is 44.2 Å². The van der Waals surface area contributed by atoms with Crippen LogP contribution in [0.1, 0.15) is 36.8 Å². The first-order valence-corrected chi connectivity index (χ1v) is 16.0. The van der Waals surface area contributed by atoms with Gasteiger partial charge in [-0.05, 0) is 94.3 Å². The molecular weight excluding hydrogens is 524 g/mol. The van der Waals surface area contributed by atoms with Gasteiger partial charge in [0.1, 0.15) is 12.2 Å². The van der Waals surface area contributed by atoms with E-state index in [2.05, 4.69) is 43.7 Å². The molecule has 2 N–H and O–H groups in total. The third kappa shape index (κ3) is 5.98. The van der Waals surface area contributed by atoms with Crippen molar-refractivity contribution in [2.24, 2.45) is 0 Å². The van der Waals surface area contributed by atoms with E-state index < -0.39 is 13.0 Å². The Labute approximate surface area is 228 Å². The van der Waals surface area contributed by atoms with Crippen LogP contribution < -0.4 is 20.7 Å². The lowest BCUT2D eigenvalue weighted by atomic mass is 10.0. The van der Waals surface area contributed by atoms with Crippen molar-refractivity contribution in [3.8, 4) is 5.75 Å². The van der Waals surface area contributed by atoms with E-state index in [0.717, 1.165) is 18.5 Å². The summed E-state index contributed by atoms with van der Waals surface area (Å²) < 4.78 is 32.4. The number of ether oxygens (including phenoxy) is 1. The first-order valence-electron chi connectivity index (χ1n) is 13.1. The first-order chi connectivity index (χ1) is 18.2. The molecule has 1 atom stereocenters. The standard InChI is InChI=1S/C28H34ClFN5O2P/c1-37-25-16-24(26(15-23(25)30)38(2,3)36)33-27-22(29)17-31-28(34-27)32-20-9-6-18-7-10-21(11-8-19(18)14-20)35-12-4-5-13-35/h6,9,14-17,21H,4-5,7-8,10-13H2,1-3H3,(H2,31,32,33,34). The summed E-state index contributed by atoms with van der Waals surface area (Å²) in [6.45, 7) is 5.63. The van der Waals surface area contributed by atoms with Crippen molar-refractivity contribution in [3.63, 3.8) is 0 Å². The molecule has 1 aliphatic heterocycles. The Morgan fingerprint density at radius 2 is 1.82 bits per heavy atom. The van der Waals surface area contributed by atoms with E-state index in [9.17, 15) is 8.96 Å². The van der Waals surface area contributed by atoms with Crippen LogP contribution in [0.5, 0.6) is 5.75 Å². The third-order valence-corrected chi connectivity index (χ3v) is 9.27. The van der Waals surface area contributed by atoms with Gasteiger partial charge >= 0.3 is 0 Å². The second kappa shape index (κ2) is 11.2. The van der Waals surface area contributed by atoms with E-state index in [1.54, 1.807) is 13.3 Å². The predicted molar refractivity (Wildman–Crippen MR) is 153 cm³/mol. The maximum absolute atomic E-state index is 14.4. The quantitative estimate of drug-likeness (QED) is 0.259. The molecular formula is C28H34ClFN5O2P. The Morgan fingerprint density at radius 3 is 2.53 bits per heavy atom. The van der Waals surface area contributed by atoms with E-state index in [1.165, 1.54) is 75.3 Å². The van der Waals surface area contributed by atoms with Crippen LogP contribution in [0.25, 0.3) is 0 Å². The van der Waals surface area contributed by atoms with Crippen molar-refractivity contribution < 1.29 is 13.7 Å². The highest BCUT2D eigenvalue weighted by molar-refractivity contribution is 7.70. The van der Waals surface area contributed by atoms with Gasteiger partial charge in [-0.25, -0.2) is 9.37 Å². The molecule has 0 amide bonds. The van der Waals surface area contributed by atoms with E-state index in [-0.39, 0.29) is 10.8 Å². The molecule has 1 aromatic heterocycles. The third-order valence-electron chi connectivity index (χ3n) is 7.46. The van der Waals surface area contributed by atoms with Gasteiger partial charge in [0.2, 0.25) is 5.95 Å². The molecule has 202 valence electrons. The minimum atomic E-state index is -2.82. The highest BCUT2D eigenvalue weighted by atomic mass is 35.5. The molecule has 1 unspecified atom stereocenters. The molecule has 38 heavy (non-hydrogen) atoms. The SMILES string of the molecule is COc1cc(Nc2nc(Nc3ccc4c(c3)CCC(N3CCCC3)CC4)ncc2Cl)c(P(C)(C)=O)cc1F. The number of likely N-dealkylation sites (tertiary alicyclic amines) is 1.